The van der Waals surface area contributed by atoms with Crippen molar-refractivity contribution in [3.8, 4) is 16.9 Å². The van der Waals surface area contributed by atoms with Crippen LogP contribution < -0.4 is 16.4 Å². The van der Waals surface area contributed by atoms with Crippen molar-refractivity contribution in [2.24, 2.45) is 0 Å². The average molecular weight is 599 g/mol. The Morgan fingerprint density at radius 3 is 2.69 bits per heavy atom. The lowest BCUT2D eigenvalue weighted by atomic mass is 10.1. The molecule has 1 aliphatic heterocycles. The van der Waals surface area contributed by atoms with Crippen LogP contribution in [0.15, 0.2) is 97.6 Å². The molecule has 0 spiro atoms. The maximum Gasteiger partial charge on any atom is 0.321 e. The summed E-state index contributed by atoms with van der Waals surface area (Å²) in [5.41, 5.74) is 10.5. The van der Waals surface area contributed by atoms with E-state index in [4.69, 9.17) is 10.7 Å². The van der Waals surface area contributed by atoms with Gasteiger partial charge >= 0.3 is 6.03 Å². The molecule has 0 radical (unpaired) electrons. The number of imidazole rings is 1. The highest BCUT2D eigenvalue weighted by Crippen LogP contribution is 2.26. The Morgan fingerprint density at radius 2 is 1.78 bits per heavy atom. The van der Waals surface area contributed by atoms with E-state index in [9.17, 15) is 4.79 Å². The van der Waals surface area contributed by atoms with E-state index in [1.54, 1.807) is 18.7 Å². The molecule has 3 aromatic heterocycles. The minimum atomic E-state index is -0.0713. The summed E-state index contributed by atoms with van der Waals surface area (Å²) in [6.45, 7) is 2.80. The second-order valence-corrected chi connectivity index (χ2v) is 11.3. The van der Waals surface area contributed by atoms with E-state index < -0.39 is 0 Å². The van der Waals surface area contributed by atoms with Crippen LogP contribution in [-0.4, -0.2) is 79.6 Å². The smallest absolute Gasteiger partial charge is 0.321 e. The Morgan fingerprint density at radius 1 is 0.933 bits per heavy atom. The Hall–Kier alpha value is -5.55. The van der Waals surface area contributed by atoms with Crippen LogP contribution in [0.25, 0.3) is 38.8 Å². The van der Waals surface area contributed by atoms with Crippen LogP contribution in [0.4, 0.5) is 22.2 Å². The molecule has 3 aromatic carbocycles. The Bertz CT molecular complexity index is 1980. The van der Waals surface area contributed by atoms with E-state index in [-0.39, 0.29) is 12.1 Å². The number of hydrogen-bond acceptors (Lipinski definition) is 8. The van der Waals surface area contributed by atoms with E-state index in [1.165, 1.54) is 0 Å². The van der Waals surface area contributed by atoms with Crippen molar-refractivity contribution >= 4 is 45.3 Å². The fraction of sp³-hybridized carbons (Fsp3) is 0.206. The zero-order valence-corrected chi connectivity index (χ0v) is 25.0. The minimum Gasteiger partial charge on any atom is -0.384 e. The molecule has 226 valence electrons. The van der Waals surface area contributed by atoms with E-state index in [0.717, 1.165) is 57.4 Å². The topological polar surface area (TPSA) is 130 Å². The van der Waals surface area contributed by atoms with E-state index in [0.29, 0.717) is 31.4 Å². The molecule has 1 aliphatic rings. The Balaban J connectivity index is 0.986. The number of benzene rings is 3. The minimum absolute atomic E-state index is 0.0713. The van der Waals surface area contributed by atoms with Gasteiger partial charge in [-0.05, 0) is 66.4 Å². The lowest BCUT2D eigenvalue weighted by molar-refractivity contribution is 0.113. The molecule has 0 aliphatic carbocycles. The summed E-state index contributed by atoms with van der Waals surface area (Å²) in [6.07, 6.45) is 6.06. The van der Waals surface area contributed by atoms with Crippen LogP contribution in [-0.2, 0) is 0 Å². The van der Waals surface area contributed by atoms with Gasteiger partial charge in [-0.1, -0.05) is 42.5 Å². The Kier molecular flexibility index (Phi) is 7.66. The third kappa shape index (κ3) is 5.98. The highest BCUT2D eigenvalue weighted by molar-refractivity contribution is 6.01. The molecule has 4 heterocycles. The van der Waals surface area contributed by atoms with Crippen LogP contribution in [0.3, 0.4) is 0 Å². The first-order chi connectivity index (χ1) is 22.0. The van der Waals surface area contributed by atoms with Crippen LogP contribution in [0.1, 0.15) is 6.42 Å². The van der Waals surface area contributed by atoms with Gasteiger partial charge in [-0.3, -0.25) is 9.47 Å². The molecule has 45 heavy (non-hydrogen) atoms. The predicted molar refractivity (Wildman–Crippen MR) is 178 cm³/mol. The molecule has 11 heteroatoms. The van der Waals surface area contributed by atoms with Gasteiger partial charge in [0.15, 0.2) is 0 Å². The van der Waals surface area contributed by atoms with Crippen molar-refractivity contribution in [2.45, 2.75) is 12.5 Å². The number of fused-ring (bicyclic) bond motifs is 2. The molecule has 11 nitrogen and oxygen atoms in total. The molecule has 1 unspecified atom stereocenters. The lowest BCUT2D eigenvalue weighted by Gasteiger charge is -2.39. The quantitative estimate of drug-likeness (QED) is 0.227. The summed E-state index contributed by atoms with van der Waals surface area (Å²) < 4.78 is 1.95. The number of anilines is 3. The van der Waals surface area contributed by atoms with Crippen molar-refractivity contribution in [3.05, 3.63) is 97.6 Å². The van der Waals surface area contributed by atoms with Gasteiger partial charge in [0.05, 0.1) is 16.7 Å². The number of urea groups is 1. The summed E-state index contributed by atoms with van der Waals surface area (Å²) in [5.74, 6) is 1.75. The van der Waals surface area contributed by atoms with E-state index in [1.807, 2.05) is 76.2 Å². The number of hydrogen-bond donors (Lipinski definition) is 3. The number of nitrogens with zero attached hydrogens (tertiary/aromatic N) is 7. The molecule has 1 fully saturated rings. The SMILES string of the molecule is CN1CCN(C(=O)Nc2cccc3ccccc23)CC1CCNc1nccc(-n2cnc3cc(-c4ccnc(N)c4)ccc32)n1. The third-order valence-electron chi connectivity index (χ3n) is 8.41. The molecule has 4 N–H and O–H groups in total. The first-order valence-electron chi connectivity index (χ1n) is 15.0. The first-order valence-corrected chi connectivity index (χ1v) is 15.0. The number of carbonyl (C=O) groups is 1. The zero-order chi connectivity index (χ0) is 30.8. The van der Waals surface area contributed by atoms with E-state index in [2.05, 4.69) is 49.7 Å². The number of nitrogen functional groups attached to an aromatic ring is 1. The largest absolute Gasteiger partial charge is 0.384 e. The maximum atomic E-state index is 13.3. The molecular weight excluding hydrogens is 564 g/mol. The Labute approximate surface area is 260 Å². The highest BCUT2D eigenvalue weighted by Gasteiger charge is 2.27. The van der Waals surface area contributed by atoms with Crippen molar-refractivity contribution in [1.82, 2.24) is 34.3 Å². The van der Waals surface area contributed by atoms with Gasteiger partial charge in [0.1, 0.15) is 18.0 Å². The number of nitrogens with one attached hydrogen (secondary N) is 2. The normalized spacial score (nSPS) is 15.4. The van der Waals surface area contributed by atoms with Gasteiger partial charge in [-0.25, -0.2) is 19.7 Å². The molecule has 1 saturated heterocycles. The number of amides is 2. The van der Waals surface area contributed by atoms with Crippen LogP contribution in [0.2, 0.25) is 0 Å². The third-order valence-corrected chi connectivity index (χ3v) is 8.41. The van der Waals surface area contributed by atoms with Gasteiger partial charge in [-0.2, -0.15) is 4.98 Å². The van der Waals surface area contributed by atoms with Crippen molar-refractivity contribution < 1.29 is 4.79 Å². The second-order valence-electron chi connectivity index (χ2n) is 11.3. The number of carbonyl (C=O) groups excluding carboxylic acids is 1. The zero-order valence-electron chi connectivity index (χ0n) is 25.0. The molecule has 2 amide bonds. The van der Waals surface area contributed by atoms with Gasteiger partial charge in [-0.15, -0.1) is 0 Å². The summed E-state index contributed by atoms with van der Waals surface area (Å²) >= 11 is 0. The van der Waals surface area contributed by atoms with Crippen LogP contribution in [0, 0.1) is 0 Å². The van der Waals surface area contributed by atoms with Gasteiger partial charge in [0.25, 0.3) is 0 Å². The fourth-order valence-corrected chi connectivity index (χ4v) is 5.89. The maximum absolute atomic E-state index is 13.3. The molecule has 6 aromatic rings. The predicted octanol–water partition coefficient (Wildman–Crippen LogP) is 5.26. The number of pyridine rings is 1. The lowest BCUT2D eigenvalue weighted by Crippen LogP contribution is -2.54. The van der Waals surface area contributed by atoms with Crippen LogP contribution in [0.5, 0.6) is 0 Å². The van der Waals surface area contributed by atoms with Gasteiger partial charge in [0.2, 0.25) is 5.95 Å². The summed E-state index contributed by atoms with van der Waals surface area (Å²) in [6, 6.07) is 26.0. The standard InChI is InChI=1S/C34H34N10O/c1-42-17-18-43(34(45)40-28-8-4-6-23-5-2-3-7-27(23)28)21-26(42)12-15-37-33-38-16-13-32(41-33)44-22-39-29-19-24(9-10-30(29)44)25-11-14-36-31(35)20-25/h2-11,13-14,16,19-20,22,26H,12,15,17-18,21H2,1H3,(H2,35,36)(H,40,45)(H,37,38,41). The number of aromatic nitrogens is 5. The fourth-order valence-electron chi connectivity index (χ4n) is 5.89. The molecule has 0 saturated carbocycles. The van der Waals surface area contributed by atoms with Crippen molar-refractivity contribution in [1.29, 1.82) is 0 Å². The van der Waals surface area contributed by atoms with Crippen molar-refractivity contribution in [3.63, 3.8) is 0 Å². The number of likely N-dealkylation sites (N-methyl/N-ethyl adjacent to an activating group) is 1. The van der Waals surface area contributed by atoms with Crippen molar-refractivity contribution in [2.75, 3.05) is 49.6 Å². The number of nitrogens with two attached hydrogens (primary N) is 1. The van der Waals surface area contributed by atoms with Crippen LogP contribution >= 0.6 is 0 Å². The summed E-state index contributed by atoms with van der Waals surface area (Å²) in [5, 5.41) is 8.66. The molecule has 0 bridgehead atoms. The second kappa shape index (κ2) is 12.2. The average Bonchev–Trinajstić information content (AvgIpc) is 3.49. The first kappa shape index (κ1) is 28.2. The number of rotatable bonds is 7. The van der Waals surface area contributed by atoms with Gasteiger partial charge < -0.3 is 21.3 Å². The molecular formula is C34H34N10O. The monoisotopic (exact) mass is 598 g/mol. The summed E-state index contributed by atoms with van der Waals surface area (Å²) in [4.78, 5) is 35.4. The van der Waals surface area contributed by atoms with E-state index >= 15 is 0 Å². The molecule has 7 rings (SSSR count). The molecule has 1 atom stereocenters. The number of piperazine rings is 1. The summed E-state index contributed by atoms with van der Waals surface area (Å²) in [7, 11) is 2.11. The highest BCUT2D eigenvalue weighted by atomic mass is 16.2. The van der Waals surface area contributed by atoms with Gasteiger partial charge in [0, 0.05) is 50.0 Å².